The van der Waals surface area contributed by atoms with Crippen LogP contribution in [-0.2, 0) is 0 Å². The molecule has 2 aliphatic rings. The maximum absolute atomic E-state index is 3.33. The molecule has 0 aliphatic carbocycles. The van der Waals surface area contributed by atoms with Gasteiger partial charge < -0.3 is 16.0 Å². The Morgan fingerprint density at radius 1 is 0.571 bits per heavy atom. The summed E-state index contributed by atoms with van der Waals surface area (Å²) in [5.41, 5.74) is 0. The van der Waals surface area contributed by atoms with Crippen molar-refractivity contribution in [3.63, 3.8) is 0 Å². The molecule has 0 radical (unpaired) electrons. The second-order valence-corrected chi connectivity index (χ2v) is 4.79. The lowest BCUT2D eigenvalue weighted by molar-refractivity contribution is 0.718. The summed E-state index contributed by atoms with van der Waals surface area (Å²) in [7, 11) is 0. The van der Waals surface area contributed by atoms with Crippen LogP contribution >= 0.6 is 11.8 Å². The van der Waals surface area contributed by atoms with Gasteiger partial charge in [0, 0.05) is 25.4 Å². The second-order valence-electron chi connectivity index (χ2n) is 3.57. The summed E-state index contributed by atoms with van der Waals surface area (Å²) in [6.45, 7) is 7.09. The Labute approximate surface area is 91.8 Å². The third-order valence-electron chi connectivity index (χ3n) is 2.25. The van der Waals surface area contributed by atoms with Crippen LogP contribution in [0.1, 0.15) is 12.8 Å². The summed E-state index contributed by atoms with van der Waals surface area (Å²) in [4.78, 5) is 0. The number of thioether (sulfide) groups is 1. The maximum atomic E-state index is 3.33. The average molecular weight is 217 g/mol. The summed E-state index contributed by atoms with van der Waals surface area (Å²) in [6, 6.07) is 0. The van der Waals surface area contributed by atoms with Crippen molar-refractivity contribution in [3.8, 4) is 0 Å². The van der Waals surface area contributed by atoms with Gasteiger partial charge in [-0.25, -0.2) is 0 Å². The van der Waals surface area contributed by atoms with E-state index in [2.05, 4.69) is 27.7 Å². The molecular weight excluding hydrogens is 194 g/mol. The Morgan fingerprint density at radius 3 is 2.00 bits per heavy atom. The zero-order chi connectivity index (χ0) is 9.90. The largest absolute Gasteiger partial charge is 0.316 e. The van der Waals surface area contributed by atoms with Crippen LogP contribution in [0.5, 0.6) is 0 Å². The number of hydrogen-bond acceptors (Lipinski definition) is 4. The molecular formula is C10H23N3S. The molecule has 3 nitrogen and oxygen atoms in total. The smallest absolute Gasteiger partial charge is 0.00767 e. The highest BCUT2D eigenvalue weighted by Gasteiger charge is 1.94. The second kappa shape index (κ2) is 9.77. The highest BCUT2D eigenvalue weighted by molar-refractivity contribution is 7.99. The van der Waals surface area contributed by atoms with Crippen LogP contribution in [-0.4, -0.2) is 50.8 Å². The third-order valence-corrected chi connectivity index (χ3v) is 3.32. The highest BCUT2D eigenvalue weighted by atomic mass is 32.2. The van der Waals surface area contributed by atoms with E-state index in [9.17, 15) is 0 Å². The van der Waals surface area contributed by atoms with Gasteiger partial charge >= 0.3 is 0 Å². The van der Waals surface area contributed by atoms with Crippen LogP contribution in [0.4, 0.5) is 0 Å². The summed E-state index contributed by atoms with van der Waals surface area (Å²) in [5.74, 6) is 2.66. The number of nitrogens with one attached hydrogen (secondary N) is 3. The van der Waals surface area contributed by atoms with Crippen LogP contribution in [0.3, 0.4) is 0 Å². The topological polar surface area (TPSA) is 36.1 Å². The molecule has 0 aromatic rings. The Balaban J connectivity index is 0.000000140. The standard InChI is InChI=1S/C5H12N2.C5H11NS/c1-2-6-4-5-7-3-1;1-2-6-3-5-7-4-1/h6-7H,1-5H2;6H,1-5H2. The van der Waals surface area contributed by atoms with Crippen molar-refractivity contribution in [2.45, 2.75) is 12.8 Å². The van der Waals surface area contributed by atoms with Gasteiger partial charge in [0.25, 0.3) is 0 Å². The van der Waals surface area contributed by atoms with Crippen LogP contribution in [0.25, 0.3) is 0 Å². The first kappa shape index (κ1) is 12.3. The summed E-state index contributed by atoms with van der Waals surface area (Å²) >= 11 is 2.05. The molecule has 2 aliphatic heterocycles. The molecule has 2 rings (SSSR count). The van der Waals surface area contributed by atoms with Crippen molar-refractivity contribution in [2.24, 2.45) is 0 Å². The zero-order valence-electron chi connectivity index (χ0n) is 8.98. The quantitative estimate of drug-likeness (QED) is 0.545. The van der Waals surface area contributed by atoms with E-state index in [-0.39, 0.29) is 0 Å². The predicted molar refractivity (Wildman–Crippen MR) is 65.2 cm³/mol. The summed E-state index contributed by atoms with van der Waals surface area (Å²) in [5, 5.41) is 9.90. The van der Waals surface area contributed by atoms with Crippen molar-refractivity contribution in [1.29, 1.82) is 0 Å². The van der Waals surface area contributed by atoms with Crippen LogP contribution in [0.2, 0.25) is 0 Å². The average Bonchev–Trinajstić information content (AvgIpc) is 2.68. The van der Waals surface area contributed by atoms with Crippen molar-refractivity contribution in [3.05, 3.63) is 0 Å². The molecule has 0 atom stereocenters. The van der Waals surface area contributed by atoms with Gasteiger partial charge in [0.1, 0.15) is 0 Å². The van der Waals surface area contributed by atoms with Crippen LogP contribution < -0.4 is 16.0 Å². The lowest BCUT2D eigenvalue weighted by Gasteiger charge is -1.92. The third kappa shape index (κ3) is 7.62. The predicted octanol–water partition coefficient (Wildman–Crippen LogP) is 0.282. The van der Waals surface area contributed by atoms with E-state index in [1.54, 1.807) is 0 Å². The van der Waals surface area contributed by atoms with E-state index in [0.29, 0.717) is 0 Å². The zero-order valence-corrected chi connectivity index (χ0v) is 9.80. The molecule has 2 fully saturated rings. The first-order valence-corrected chi connectivity index (χ1v) is 6.85. The minimum atomic E-state index is 1.14. The van der Waals surface area contributed by atoms with E-state index in [0.717, 1.165) is 13.1 Å². The molecule has 0 saturated carbocycles. The normalized spacial score (nSPS) is 24.0. The van der Waals surface area contributed by atoms with Crippen LogP contribution in [0, 0.1) is 0 Å². The Hall–Kier alpha value is 0.230. The van der Waals surface area contributed by atoms with E-state index in [1.165, 1.54) is 50.5 Å². The van der Waals surface area contributed by atoms with Gasteiger partial charge in [-0.15, -0.1) is 0 Å². The minimum absolute atomic E-state index is 1.14. The SMILES string of the molecule is C1CNCCNC1.C1CNCCSC1. The monoisotopic (exact) mass is 217 g/mol. The molecule has 4 heteroatoms. The van der Waals surface area contributed by atoms with Crippen molar-refractivity contribution < 1.29 is 0 Å². The first-order valence-electron chi connectivity index (χ1n) is 5.70. The molecule has 0 bridgehead atoms. The maximum Gasteiger partial charge on any atom is 0.00767 e. The fourth-order valence-electron chi connectivity index (χ4n) is 1.44. The Bertz CT molecular complexity index is 68.6. The molecule has 0 unspecified atom stereocenters. The lowest BCUT2D eigenvalue weighted by Crippen LogP contribution is -2.21. The van der Waals surface area contributed by atoms with E-state index >= 15 is 0 Å². The molecule has 0 aromatic carbocycles. The fraction of sp³-hybridized carbons (Fsp3) is 1.00. The molecule has 0 aromatic heterocycles. The molecule has 14 heavy (non-hydrogen) atoms. The van der Waals surface area contributed by atoms with Crippen molar-refractivity contribution in [2.75, 3.05) is 50.8 Å². The lowest BCUT2D eigenvalue weighted by atomic mass is 10.4. The highest BCUT2D eigenvalue weighted by Crippen LogP contribution is 2.02. The first-order chi connectivity index (χ1) is 7.00. The number of rotatable bonds is 0. The van der Waals surface area contributed by atoms with Gasteiger partial charge in [-0.1, -0.05) is 0 Å². The summed E-state index contributed by atoms with van der Waals surface area (Å²) in [6.07, 6.45) is 2.63. The summed E-state index contributed by atoms with van der Waals surface area (Å²) < 4.78 is 0. The van der Waals surface area contributed by atoms with Gasteiger partial charge in [0.15, 0.2) is 0 Å². The van der Waals surface area contributed by atoms with Gasteiger partial charge in [0.2, 0.25) is 0 Å². The molecule has 3 N–H and O–H groups in total. The van der Waals surface area contributed by atoms with E-state index in [1.807, 2.05) is 0 Å². The van der Waals surface area contributed by atoms with Gasteiger partial charge in [-0.2, -0.15) is 11.8 Å². The molecule has 2 saturated heterocycles. The fourth-order valence-corrected chi connectivity index (χ4v) is 2.28. The Kier molecular flexibility index (Phi) is 8.59. The number of hydrogen-bond donors (Lipinski definition) is 3. The van der Waals surface area contributed by atoms with Gasteiger partial charge in [0.05, 0.1) is 0 Å². The van der Waals surface area contributed by atoms with Gasteiger partial charge in [-0.05, 0) is 38.2 Å². The molecule has 0 spiro atoms. The molecule has 2 heterocycles. The van der Waals surface area contributed by atoms with Crippen molar-refractivity contribution in [1.82, 2.24) is 16.0 Å². The van der Waals surface area contributed by atoms with E-state index < -0.39 is 0 Å². The molecule has 0 amide bonds. The minimum Gasteiger partial charge on any atom is -0.316 e. The molecule has 84 valence electrons. The van der Waals surface area contributed by atoms with Crippen molar-refractivity contribution >= 4 is 11.8 Å². The van der Waals surface area contributed by atoms with Crippen LogP contribution in [0.15, 0.2) is 0 Å². The Morgan fingerprint density at radius 2 is 1.21 bits per heavy atom. The van der Waals surface area contributed by atoms with Gasteiger partial charge in [-0.3, -0.25) is 0 Å². The van der Waals surface area contributed by atoms with E-state index in [4.69, 9.17) is 0 Å².